The lowest BCUT2D eigenvalue weighted by molar-refractivity contribution is 0.0729. The van der Waals surface area contributed by atoms with Crippen LogP contribution in [0.2, 0.25) is 0 Å². The molecule has 0 radical (unpaired) electrons. The van der Waals surface area contributed by atoms with Crippen molar-refractivity contribution < 1.29 is 27.5 Å². The van der Waals surface area contributed by atoms with Gasteiger partial charge in [-0.15, -0.1) is 0 Å². The highest BCUT2D eigenvalue weighted by Gasteiger charge is 2.15. The maximum Gasteiger partial charge on any atom is 0.343 e. The fraction of sp³-hybridized carbons (Fsp3) is 0.0357. The molecule has 198 valence electrons. The van der Waals surface area contributed by atoms with Gasteiger partial charge in [-0.25, -0.2) is 18.6 Å². The number of rotatable bonds is 9. The number of esters is 1. The highest BCUT2D eigenvalue weighted by molar-refractivity contribution is 9.10. The molecule has 0 atom stereocenters. The number of hydrogen-bond acceptors (Lipinski definition) is 7. The van der Waals surface area contributed by atoms with Gasteiger partial charge in [0.15, 0.2) is 11.5 Å². The number of ether oxygens (including phenoxy) is 2. The van der Waals surface area contributed by atoms with Gasteiger partial charge < -0.3 is 9.47 Å². The van der Waals surface area contributed by atoms with Crippen molar-refractivity contribution in [1.82, 2.24) is 5.43 Å². The molecular formula is C28H22BrN3O6S. The van der Waals surface area contributed by atoms with Crippen molar-refractivity contribution in [2.45, 2.75) is 4.90 Å². The second kappa shape index (κ2) is 12.4. The summed E-state index contributed by atoms with van der Waals surface area (Å²) in [5, 5.41) is 3.96. The van der Waals surface area contributed by atoms with Crippen LogP contribution in [-0.4, -0.2) is 33.6 Å². The van der Waals surface area contributed by atoms with Crippen LogP contribution in [0.1, 0.15) is 26.3 Å². The van der Waals surface area contributed by atoms with E-state index in [9.17, 15) is 18.0 Å². The molecule has 0 aromatic heterocycles. The number of nitrogens with one attached hydrogen (secondary N) is 2. The Morgan fingerprint density at radius 2 is 1.59 bits per heavy atom. The Bertz CT molecular complexity index is 1630. The molecule has 1 amide bonds. The van der Waals surface area contributed by atoms with Crippen molar-refractivity contribution in [3.8, 4) is 11.5 Å². The van der Waals surface area contributed by atoms with E-state index in [0.29, 0.717) is 22.6 Å². The standard InChI is InChI=1S/C28H22BrN3O6S/c1-37-26-16-19(10-15-25(26)38-28(34)21-6-5-7-22(29)17-21)18-30-31-27(33)20-11-13-23(14-12-20)32-39(35,36)24-8-3-2-4-9-24/h2-18,32H,1H3,(H,31,33)/b30-18-. The average Bonchev–Trinajstić information content (AvgIpc) is 2.94. The van der Waals surface area contributed by atoms with Gasteiger partial charge in [0.1, 0.15) is 0 Å². The Balaban J connectivity index is 1.36. The minimum absolute atomic E-state index is 0.133. The number of sulfonamides is 1. The first kappa shape index (κ1) is 27.6. The maximum atomic E-state index is 12.5. The normalized spacial score (nSPS) is 11.1. The van der Waals surface area contributed by atoms with Crippen molar-refractivity contribution in [2.24, 2.45) is 5.10 Å². The summed E-state index contributed by atoms with van der Waals surface area (Å²) in [5.41, 5.74) is 3.96. The van der Waals surface area contributed by atoms with E-state index in [4.69, 9.17) is 9.47 Å². The zero-order valence-electron chi connectivity index (χ0n) is 20.5. The minimum Gasteiger partial charge on any atom is -0.493 e. The highest BCUT2D eigenvalue weighted by Crippen LogP contribution is 2.28. The van der Waals surface area contributed by atoms with Gasteiger partial charge in [-0.2, -0.15) is 5.10 Å². The Labute approximate surface area is 233 Å². The molecular weight excluding hydrogens is 586 g/mol. The summed E-state index contributed by atoms with van der Waals surface area (Å²) in [7, 11) is -2.29. The van der Waals surface area contributed by atoms with Crippen molar-refractivity contribution in [1.29, 1.82) is 0 Å². The Hall–Kier alpha value is -4.48. The second-order valence-electron chi connectivity index (χ2n) is 8.01. The van der Waals surface area contributed by atoms with Crippen LogP contribution in [0.5, 0.6) is 11.5 Å². The van der Waals surface area contributed by atoms with Gasteiger partial charge in [-0.3, -0.25) is 9.52 Å². The number of carbonyl (C=O) groups excluding carboxylic acids is 2. The van der Waals surface area contributed by atoms with Crippen LogP contribution in [0.15, 0.2) is 112 Å². The number of amides is 1. The van der Waals surface area contributed by atoms with Crippen molar-refractivity contribution in [3.63, 3.8) is 0 Å². The molecule has 4 rings (SSSR count). The summed E-state index contributed by atoms with van der Waals surface area (Å²) in [6, 6.07) is 25.5. The van der Waals surface area contributed by atoms with Crippen LogP contribution in [0.4, 0.5) is 5.69 Å². The first-order chi connectivity index (χ1) is 18.7. The van der Waals surface area contributed by atoms with Crippen LogP contribution >= 0.6 is 15.9 Å². The molecule has 2 N–H and O–H groups in total. The van der Waals surface area contributed by atoms with Crippen LogP contribution < -0.4 is 19.6 Å². The number of hydrazone groups is 1. The van der Waals surface area contributed by atoms with E-state index >= 15 is 0 Å². The van der Waals surface area contributed by atoms with Crippen molar-refractivity contribution in [2.75, 3.05) is 11.8 Å². The highest BCUT2D eigenvalue weighted by atomic mass is 79.9. The summed E-state index contributed by atoms with van der Waals surface area (Å²) < 4.78 is 38.9. The van der Waals surface area contributed by atoms with E-state index in [1.807, 2.05) is 0 Å². The van der Waals surface area contributed by atoms with E-state index in [-0.39, 0.29) is 16.2 Å². The molecule has 4 aromatic rings. The number of nitrogens with zero attached hydrogens (tertiary/aromatic N) is 1. The van der Waals surface area contributed by atoms with Gasteiger partial charge in [0, 0.05) is 15.7 Å². The van der Waals surface area contributed by atoms with Gasteiger partial charge in [0.2, 0.25) is 0 Å². The fourth-order valence-electron chi connectivity index (χ4n) is 3.36. The fourth-order valence-corrected chi connectivity index (χ4v) is 4.84. The van der Waals surface area contributed by atoms with E-state index in [2.05, 4.69) is 31.2 Å². The number of methoxy groups -OCH3 is 1. The smallest absolute Gasteiger partial charge is 0.343 e. The number of benzene rings is 4. The molecule has 0 aliphatic rings. The molecule has 39 heavy (non-hydrogen) atoms. The average molecular weight is 608 g/mol. The number of halogens is 1. The maximum absolute atomic E-state index is 12.5. The Morgan fingerprint density at radius 1 is 0.846 bits per heavy atom. The molecule has 0 saturated carbocycles. The quantitative estimate of drug-likeness (QED) is 0.116. The lowest BCUT2D eigenvalue weighted by Crippen LogP contribution is -2.18. The molecule has 0 aliphatic heterocycles. The molecule has 0 bridgehead atoms. The molecule has 11 heteroatoms. The van der Waals surface area contributed by atoms with Gasteiger partial charge in [-0.1, -0.05) is 40.2 Å². The van der Waals surface area contributed by atoms with Crippen molar-refractivity contribution in [3.05, 3.63) is 118 Å². The van der Waals surface area contributed by atoms with E-state index in [1.54, 1.807) is 60.7 Å². The SMILES string of the molecule is COc1cc(/C=N\NC(=O)c2ccc(NS(=O)(=O)c3ccccc3)cc2)ccc1OC(=O)c1cccc(Br)c1. The third-order valence-corrected chi connectivity index (χ3v) is 7.17. The molecule has 0 spiro atoms. The zero-order valence-corrected chi connectivity index (χ0v) is 22.9. The monoisotopic (exact) mass is 607 g/mol. The summed E-state index contributed by atoms with van der Waals surface area (Å²) >= 11 is 3.32. The number of anilines is 1. The molecule has 9 nitrogen and oxygen atoms in total. The summed E-state index contributed by atoms with van der Waals surface area (Å²) in [6.07, 6.45) is 1.41. The zero-order chi connectivity index (χ0) is 27.8. The van der Waals surface area contributed by atoms with E-state index < -0.39 is 21.9 Å². The predicted molar refractivity (Wildman–Crippen MR) is 151 cm³/mol. The molecule has 0 aliphatic carbocycles. The molecule has 0 fully saturated rings. The Morgan fingerprint density at radius 3 is 2.28 bits per heavy atom. The predicted octanol–water partition coefficient (Wildman–Crippen LogP) is 5.24. The largest absolute Gasteiger partial charge is 0.493 e. The summed E-state index contributed by atoms with van der Waals surface area (Å²) in [5.74, 6) is -0.494. The number of hydrogen-bond donors (Lipinski definition) is 2. The number of carbonyl (C=O) groups is 2. The third-order valence-electron chi connectivity index (χ3n) is 5.28. The van der Waals surface area contributed by atoms with E-state index in [0.717, 1.165) is 4.47 Å². The van der Waals surface area contributed by atoms with Crippen LogP contribution in [0.25, 0.3) is 0 Å². The Kier molecular flexibility index (Phi) is 8.74. The third kappa shape index (κ3) is 7.30. The molecule has 0 saturated heterocycles. The summed E-state index contributed by atoms with van der Waals surface area (Å²) in [6.45, 7) is 0. The topological polar surface area (TPSA) is 123 Å². The molecule has 4 aromatic carbocycles. The second-order valence-corrected chi connectivity index (χ2v) is 10.6. The lowest BCUT2D eigenvalue weighted by atomic mass is 10.2. The molecule has 0 unspecified atom stereocenters. The minimum atomic E-state index is -3.74. The van der Waals surface area contributed by atoms with Crippen LogP contribution in [0, 0.1) is 0 Å². The van der Waals surface area contributed by atoms with E-state index in [1.165, 1.54) is 49.7 Å². The van der Waals surface area contributed by atoms with Gasteiger partial charge in [0.05, 0.1) is 23.8 Å². The summed E-state index contributed by atoms with van der Waals surface area (Å²) in [4.78, 5) is 25.0. The van der Waals surface area contributed by atoms with Crippen molar-refractivity contribution >= 4 is 49.7 Å². The molecule has 0 heterocycles. The lowest BCUT2D eigenvalue weighted by Gasteiger charge is -2.10. The van der Waals surface area contributed by atoms with Crippen LogP contribution in [0.3, 0.4) is 0 Å². The first-order valence-electron chi connectivity index (χ1n) is 11.4. The van der Waals surface area contributed by atoms with Crippen LogP contribution in [-0.2, 0) is 10.0 Å². The van der Waals surface area contributed by atoms with Gasteiger partial charge in [-0.05, 0) is 78.4 Å². The first-order valence-corrected chi connectivity index (χ1v) is 13.7. The van der Waals surface area contributed by atoms with Gasteiger partial charge in [0.25, 0.3) is 15.9 Å². The van der Waals surface area contributed by atoms with Gasteiger partial charge >= 0.3 is 5.97 Å².